The van der Waals surface area contributed by atoms with Crippen LogP contribution in [-0.4, -0.2) is 5.91 Å². The van der Waals surface area contributed by atoms with E-state index in [-0.39, 0.29) is 5.91 Å². The fourth-order valence-electron chi connectivity index (χ4n) is 1.78. The van der Waals surface area contributed by atoms with Crippen molar-refractivity contribution in [3.8, 4) is 0 Å². The van der Waals surface area contributed by atoms with Crippen LogP contribution >= 0.6 is 11.8 Å². The van der Waals surface area contributed by atoms with Crippen LogP contribution in [0.3, 0.4) is 0 Å². The Bertz CT molecular complexity index is 451. The molecule has 0 bridgehead atoms. The highest BCUT2D eigenvalue weighted by molar-refractivity contribution is 8.03. The van der Waals surface area contributed by atoms with Gasteiger partial charge in [0, 0.05) is 10.5 Å². The highest BCUT2D eigenvalue weighted by Gasteiger charge is 2.19. The Morgan fingerprint density at radius 2 is 2.06 bits per heavy atom. The number of allylic oxidation sites excluding steroid dienone is 1. The topological polar surface area (TPSA) is 29.1 Å². The Kier molecular flexibility index (Phi) is 3.34. The second kappa shape index (κ2) is 4.74. The lowest BCUT2D eigenvalue weighted by molar-refractivity contribution is -0.113. The Balaban J connectivity index is 2.39. The van der Waals surface area contributed by atoms with Crippen molar-refractivity contribution >= 4 is 23.4 Å². The predicted molar refractivity (Wildman–Crippen MR) is 68.5 cm³/mol. The number of carbonyl (C=O) groups excluding carboxylic acids is 1. The number of hydrogen-bond donors (Lipinski definition) is 1. The minimum Gasteiger partial charge on any atom is -0.321 e. The standard InChI is InChI=1S/C13H15NOS/c1-3-6-10-9(2)16-12-8-5-4-7-11(12)14-13(10)15/h4-5,7-8H,3,6H2,1-2H3,(H,14,15). The fourth-order valence-corrected chi connectivity index (χ4v) is 2.81. The van der Waals surface area contributed by atoms with E-state index in [4.69, 9.17) is 0 Å². The second-order valence-corrected chi connectivity index (χ2v) is 5.09. The quantitative estimate of drug-likeness (QED) is 0.841. The number of benzene rings is 1. The molecule has 1 N–H and O–H groups in total. The van der Waals surface area contributed by atoms with Crippen LogP contribution in [0.5, 0.6) is 0 Å². The summed E-state index contributed by atoms with van der Waals surface area (Å²) < 4.78 is 0. The van der Waals surface area contributed by atoms with E-state index in [0.29, 0.717) is 0 Å². The summed E-state index contributed by atoms with van der Waals surface area (Å²) >= 11 is 1.68. The minimum atomic E-state index is 0.0526. The van der Waals surface area contributed by atoms with Gasteiger partial charge in [-0.2, -0.15) is 0 Å². The SMILES string of the molecule is CCCC1=C(C)Sc2ccccc2NC1=O. The molecule has 1 amide bonds. The maximum atomic E-state index is 12.0. The zero-order chi connectivity index (χ0) is 11.5. The number of para-hydroxylation sites is 1. The summed E-state index contributed by atoms with van der Waals surface area (Å²) in [7, 11) is 0. The van der Waals surface area contributed by atoms with Crippen molar-refractivity contribution < 1.29 is 4.79 Å². The van der Waals surface area contributed by atoms with E-state index in [0.717, 1.165) is 33.9 Å². The first-order valence-corrected chi connectivity index (χ1v) is 6.32. The largest absolute Gasteiger partial charge is 0.321 e. The van der Waals surface area contributed by atoms with E-state index in [9.17, 15) is 4.79 Å². The zero-order valence-electron chi connectivity index (χ0n) is 9.54. The molecule has 0 aliphatic carbocycles. The Hall–Kier alpha value is -1.22. The van der Waals surface area contributed by atoms with E-state index in [1.807, 2.05) is 31.2 Å². The van der Waals surface area contributed by atoms with Gasteiger partial charge in [-0.25, -0.2) is 0 Å². The molecule has 1 aliphatic heterocycles. The van der Waals surface area contributed by atoms with Crippen molar-refractivity contribution in [3.63, 3.8) is 0 Å². The molecule has 2 rings (SSSR count). The number of rotatable bonds is 2. The molecular formula is C13H15NOS. The van der Waals surface area contributed by atoms with Gasteiger partial charge in [-0.3, -0.25) is 4.79 Å². The predicted octanol–water partition coefficient (Wildman–Crippen LogP) is 3.80. The van der Waals surface area contributed by atoms with Crippen LogP contribution in [0.4, 0.5) is 5.69 Å². The van der Waals surface area contributed by atoms with Crippen LogP contribution < -0.4 is 5.32 Å². The monoisotopic (exact) mass is 233 g/mol. The van der Waals surface area contributed by atoms with Crippen molar-refractivity contribution in [2.75, 3.05) is 5.32 Å². The highest BCUT2D eigenvalue weighted by atomic mass is 32.2. The molecule has 84 valence electrons. The summed E-state index contributed by atoms with van der Waals surface area (Å²) in [5, 5.41) is 2.97. The molecule has 0 aromatic heterocycles. The molecule has 0 unspecified atom stereocenters. The lowest BCUT2D eigenvalue weighted by Crippen LogP contribution is -2.14. The smallest absolute Gasteiger partial charge is 0.252 e. The molecule has 0 saturated carbocycles. The second-order valence-electron chi connectivity index (χ2n) is 3.84. The van der Waals surface area contributed by atoms with Crippen molar-refractivity contribution in [1.82, 2.24) is 0 Å². The van der Waals surface area contributed by atoms with Gasteiger partial charge < -0.3 is 5.32 Å². The van der Waals surface area contributed by atoms with Gasteiger partial charge >= 0.3 is 0 Å². The molecule has 2 nitrogen and oxygen atoms in total. The van der Waals surface area contributed by atoms with Gasteiger partial charge in [0.1, 0.15) is 0 Å². The van der Waals surface area contributed by atoms with Crippen LogP contribution in [0, 0.1) is 0 Å². The molecule has 0 radical (unpaired) electrons. The summed E-state index contributed by atoms with van der Waals surface area (Å²) in [6, 6.07) is 7.93. The van der Waals surface area contributed by atoms with Gasteiger partial charge in [-0.15, -0.1) is 0 Å². The van der Waals surface area contributed by atoms with Crippen molar-refractivity contribution in [1.29, 1.82) is 0 Å². The van der Waals surface area contributed by atoms with Crippen molar-refractivity contribution in [2.45, 2.75) is 31.6 Å². The maximum Gasteiger partial charge on any atom is 0.252 e. The molecule has 3 heteroatoms. The van der Waals surface area contributed by atoms with Gasteiger partial charge in [0.2, 0.25) is 0 Å². The molecule has 0 spiro atoms. The first kappa shape index (κ1) is 11.3. The number of nitrogens with one attached hydrogen (secondary N) is 1. The van der Waals surface area contributed by atoms with Gasteiger partial charge in [0.15, 0.2) is 0 Å². The van der Waals surface area contributed by atoms with Crippen LogP contribution in [-0.2, 0) is 4.79 Å². The third-order valence-corrected chi connectivity index (χ3v) is 3.73. The summed E-state index contributed by atoms with van der Waals surface area (Å²) in [4.78, 5) is 14.2. The van der Waals surface area contributed by atoms with Gasteiger partial charge in [-0.1, -0.05) is 37.2 Å². The van der Waals surface area contributed by atoms with Gasteiger partial charge in [0.05, 0.1) is 5.69 Å². The molecule has 1 aromatic carbocycles. The first-order valence-electron chi connectivity index (χ1n) is 5.50. The van der Waals surface area contributed by atoms with Crippen LogP contribution in [0.15, 0.2) is 39.6 Å². The van der Waals surface area contributed by atoms with Crippen LogP contribution in [0.2, 0.25) is 0 Å². The number of anilines is 1. The van der Waals surface area contributed by atoms with E-state index in [1.54, 1.807) is 11.8 Å². The molecule has 1 heterocycles. The molecule has 0 atom stereocenters. The lowest BCUT2D eigenvalue weighted by Gasteiger charge is -2.06. The third-order valence-electron chi connectivity index (χ3n) is 2.60. The number of fused-ring (bicyclic) bond motifs is 1. The Morgan fingerprint density at radius 3 is 2.81 bits per heavy atom. The molecule has 0 saturated heterocycles. The average Bonchev–Trinajstić information content (AvgIpc) is 2.38. The zero-order valence-corrected chi connectivity index (χ0v) is 10.4. The van der Waals surface area contributed by atoms with E-state index < -0.39 is 0 Å². The summed E-state index contributed by atoms with van der Waals surface area (Å²) in [5.41, 5.74) is 1.84. The Morgan fingerprint density at radius 1 is 1.31 bits per heavy atom. The average molecular weight is 233 g/mol. The summed E-state index contributed by atoms with van der Waals surface area (Å²) in [6.45, 7) is 4.12. The summed E-state index contributed by atoms with van der Waals surface area (Å²) in [6.07, 6.45) is 1.84. The normalized spacial score (nSPS) is 15.5. The molecule has 1 aliphatic rings. The first-order chi connectivity index (χ1) is 7.72. The fraction of sp³-hybridized carbons (Fsp3) is 0.308. The number of thioether (sulfide) groups is 1. The molecule has 16 heavy (non-hydrogen) atoms. The minimum absolute atomic E-state index is 0.0526. The molecule has 0 fully saturated rings. The van der Waals surface area contributed by atoms with E-state index in [2.05, 4.69) is 12.2 Å². The third kappa shape index (κ3) is 2.14. The van der Waals surface area contributed by atoms with Gasteiger partial charge in [-0.05, 0) is 30.4 Å². The van der Waals surface area contributed by atoms with E-state index in [1.165, 1.54) is 0 Å². The number of amides is 1. The number of hydrogen-bond acceptors (Lipinski definition) is 2. The van der Waals surface area contributed by atoms with Crippen molar-refractivity contribution in [2.24, 2.45) is 0 Å². The highest BCUT2D eigenvalue weighted by Crippen LogP contribution is 2.37. The van der Waals surface area contributed by atoms with Crippen LogP contribution in [0.1, 0.15) is 26.7 Å². The Labute approximate surface area is 100 Å². The molecule has 1 aromatic rings. The summed E-state index contributed by atoms with van der Waals surface area (Å²) in [5.74, 6) is 0.0526. The maximum absolute atomic E-state index is 12.0. The molecular weight excluding hydrogens is 218 g/mol. The lowest BCUT2D eigenvalue weighted by atomic mass is 10.1. The van der Waals surface area contributed by atoms with E-state index >= 15 is 0 Å². The van der Waals surface area contributed by atoms with Gasteiger partial charge in [0.25, 0.3) is 5.91 Å². The van der Waals surface area contributed by atoms with Crippen molar-refractivity contribution in [3.05, 3.63) is 34.7 Å². The number of carbonyl (C=O) groups is 1. The van der Waals surface area contributed by atoms with Crippen LogP contribution in [0.25, 0.3) is 0 Å².